The molecule has 0 bridgehead atoms. The van der Waals surface area contributed by atoms with E-state index >= 15 is 0 Å². The van der Waals surface area contributed by atoms with Crippen molar-refractivity contribution in [2.75, 3.05) is 13.7 Å². The maximum absolute atomic E-state index is 12.3. The largest absolute Gasteiger partial charge is 0.496 e. The van der Waals surface area contributed by atoms with Gasteiger partial charge >= 0.3 is 6.03 Å². The first kappa shape index (κ1) is 20.2. The molecule has 0 aliphatic rings. The number of primary amides is 1. The number of benzene rings is 2. The molecule has 8 heteroatoms. The molecular weight excluding hydrogens is 396 g/mol. The number of fused-ring (bicyclic) bond motifs is 2. The summed E-state index contributed by atoms with van der Waals surface area (Å²) in [6.07, 6.45) is 4.15. The Bertz CT molecular complexity index is 1300. The van der Waals surface area contributed by atoms with Gasteiger partial charge < -0.3 is 20.5 Å². The van der Waals surface area contributed by atoms with E-state index in [9.17, 15) is 9.59 Å². The highest BCUT2D eigenvalue weighted by Gasteiger charge is 2.17. The van der Waals surface area contributed by atoms with Gasteiger partial charge in [-0.3, -0.25) is 14.3 Å². The van der Waals surface area contributed by atoms with Crippen molar-refractivity contribution in [2.24, 2.45) is 5.73 Å². The Balaban J connectivity index is 1.70. The third-order valence-corrected chi connectivity index (χ3v) is 4.94. The first-order valence-corrected chi connectivity index (χ1v) is 9.86. The van der Waals surface area contributed by atoms with E-state index in [1.165, 1.54) is 7.11 Å². The molecule has 0 fully saturated rings. The second-order valence-electron chi connectivity index (χ2n) is 6.95. The fraction of sp³-hybridized carbons (Fsp3) is 0.174. The van der Waals surface area contributed by atoms with Crippen LogP contribution in [0.15, 0.2) is 54.9 Å². The lowest BCUT2D eigenvalue weighted by atomic mass is 10.1. The van der Waals surface area contributed by atoms with Gasteiger partial charge in [-0.2, -0.15) is 0 Å². The predicted octanol–water partition coefficient (Wildman–Crippen LogP) is 4.06. The number of rotatable bonds is 6. The predicted molar refractivity (Wildman–Crippen MR) is 118 cm³/mol. The Labute approximate surface area is 178 Å². The number of nitrogens with one attached hydrogen (secondary N) is 1. The van der Waals surface area contributed by atoms with Gasteiger partial charge in [0.15, 0.2) is 0 Å². The third kappa shape index (κ3) is 3.75. The molecule has 0 atom stereocenters. The zero-order chi connectivity index (χ0) is 22.0. The molecular formula is C23H22N4O4. The molecule has 0 spiro atoms. The summed E-state index contributed by atoms with van der Waals surface area (Å²) in [5.41, 5.74) is 6.93. The second-order valence-corrected chi connectivity index (χ2v) is 6.95. The number of carbonyl (C=O) groups is 2. The molecule has 4 rings (SSSR count). The molecule has 3 N–H and O–H groups in total. The van der Waals surface area contributed by atoms with Gasteiger partial charge in [0, 0.05) is 29.7 Å². The average molecular weight is 418 g/mol. The Morgan fingerprint density at radius 1 is 1.13 bits per heavy atom. The van der Waals surface area contributed by atoms with Gasteiger partial charge in [0.25, 0.3) is 5.91 Å². The number of nitrogens with zero attached hydrogens (tertiary/aromatic N) is 2. The van der Waals surface area contributed by atoms with Crippen LogP contribution in [0.3, 0.4) is 0 Å². The minimum atomic E-state index is -0.629. The van der Waals surface area contributed by atoms with E-state index in [-0.39, 0.29) is 11.6 Å². The number of pyridine rings is 1. The number of nitrogens with two attached hydrogens (primary N) is 1. The average Bonchev–Trinajstić information content (AvgIpc) is 3.20. The minimum absolute atomic E-state index is 0.168. The standard InChI is InChI=1S/C23H22N4O4/c1-3-10-26-23(29)27-12-9-14-13-15(4-6-17(14)27)31-18-8-11-25-21-16(18)5-7-19(30-2)20(21)22(24)28/h4-9,11-13H,3,10H2,1-2H3,(H2,24,28)(H,26,29). The number of ether oxygens (including phenoxy) is 2. The Morgan fingerprint density at radius 2 is 1.97 bits per heavy atom. The van der Waals surface area contributed by atoms with E-state index in [4.69, 9.17) is 15.2 Å². The van der Waals surface area contributed by atoms with E-state index in [1.807, 2.05) is 25.1 Å². The van der Waals surface area contributed by atoms with Crippen LogP contribution in [0.1, 0.15) is 23.7 Å². The summed E-state index contributed by atoms with van der Waals surface area (Å²) in [7, 11) is 1.47. The summed E-state index contributed by atoms with van der Waals surface area (Å²) in [5, 5.41) is 4.36. The van der Waals surface area contributed by atoms with E-state index in [0.717, 1.165) is 17.3 Å². The molecule has 4 aromatic rings. The summed E-state index contributed by atoms with van der Waals surface area (Å²) < 4.78 is 12.9. The first-order valence-electron chi connectivity index (χ1n) is 9.86. The fourth-order valence-corrected chi connectivity index (χ4v) is 3.48. The van der Waals surface area contributed by atoms with Crippen molar-refractivity contribution in [3.63, 3.8) is 0 Å². The zero-order valence-corrected chi connectivity index (χ0v) is 17.2. The van der Waals surface area contributed by atoms with Crippen molar-refractivity contribution in [1.29, 1.82) is 0 Å². The Hall–Kier alpha value is -4.07. The zero-order valence-electron chi connectivity index (χ0n) is 17.2. The molecule has 8 nitrogen and oxygen atoms in total. The highest BCUT2D eigenvalue weighted by Crippen LogP contribution is 2.34. The monoisotopic (exact) mass is 418 g/mol. The number of carbonyl (C=O) groups excluding carboxylic acids is 2. The van der Waals surface area contributed by atoms with Crippen LogP contribution in [0.2, 0.25) is 0 Å². The summed E-state index contributed by atoms with van der Waals surface area (Å²) in [4.78, 5) is 28.6. The van der Waals surface area contributed by atoms with Crippen LogP contribution < -0.4 is 20.5 Å². The smallest absolute Gasteiger partial charge is 0.326 e. The van der Waals surface area contributed by atoms with Gasteiger partial charge in [0.2, 0.25) is 0 Å². The van der Waals surface area contributed by atoms with Crippen LogP contribution in [-0.4, -0.2) is 35.1 Å². The van der Waals surface area contributed by atoms with Crippen LogP contribution in [0.5, 0.6) is 17.2 Å². The van der Waals surface area contributed by atoms with Gasteiger partial charge in [-0.25, -0.2) is 4.79 Å². The molecule has 0 aliphatic carbocycles. The molecule has 2 heterocycles. The number of amides is 2. The third-order valence-electron chi connectivity index (χ3n) is 4.94. The molecule has 0 unspecified atom stereocenters. The highest BCUT2D eigenvalue weighted by molar-refractivity contribution is 6.08. The van der Waals surface area contributed by atoms with Gasteiger partial charge in [0.05, 0.1) is 18.1 Å². The molecule has 158 valence electrons. The van der Waals surface area contributed by atoms with Gasteiger partial charge in [-0.05, 0) is 48.9 Å². The van der Waals surface area contributed by atoms with Crippen LogP contribution >= 0.6 is 0 Å². The molecule has 0 saturated carbocycles. The number of hydrogen-bond acceptors (Lipinski definition) is 5. The lowest BCUT2D eigenvalue weighted by Crippen LogP contribution is -2.28. The van der Waals surface area contributed by atoms with Crippen molar-refractivity contribution < 1.29 is 19.1 Å². The molecule has 0 radical (unpaired) electrons. The van der Waals surface area contributed by atoms with Crippen molar-refractivity contribution >= 4 is 33.7 Å². The van der Waals surface area contributed by atoms with E-state index in [1.54, 1.807) is 41.2 Å². The van der Waals surface area contributed by atoms with E-state index in [2.05, 4.69) is 10.3 Å². The second kappa shape index (κ2) is 8.35. The summed E-state index contributed by atoms with van der Waals surface area (Å²) in [6, 6.07) is 12.3. The quantitative estimate of drug-likeness (QED) is 0.491. The normalized spacial score (nSPS) is 10.9. The van der Waals surface area contributed by atoms with Crippen molar-refractivity contribution in [3.05, 3.63) is 60.4 Å². The van der Waals surface area contributed by atoms with E-state index < -0.39 is 5.91 Å². The SMILES string of the molecule is CCCNC(=O)n1ccc2cc(Oc3ccnc4c(C(N)=O)c(OC)ccc34)ccc21. The maximum Gasteiger partial charge on any atom is 0.326 e. The molecule has 2 aromatic heterocycles. The maximum atomic E-state index is 12.3. The van der Waals surface area contributed by atoms with E-state index in [0.29, 0.717) is 34.7 Å². The fourth-order valence-electron chi connectivity index (χ4n) is 3.48. The Morgan fingerprint density at radius 3 is 2.71 bits per heavy atom. The highest BCUT2D eigenvalue weighted by atomic mass is 16.5. The summed E-state index contributed by atoms with van der Waals surface area (Å²) in [6.45, 7) is 2.62. The number of methoxy groups -OCH3 is 1. The van der Waals surface area contributed by atoms with Crippen LogP contribution in [-0.2, 0) is 0 Å². The van der Waals surface area contributed by atoms with Crippen molar-refractivity contribution in [3.8, 4) is 17.2 Å². The lowest BCUT2D eigenvalue weighted by molar-refractivity contribution is 0.0999. The molecule has 31 heavy (non-hydrogen) atoms. The van der Waals surface area contributed by atoms with Gasteiger partial charge in [-0.1, -0.05) is 6.92 Å². The molecule has 0 saturated heterocycles. The van der Waals surface area contributed by atoms with Crippen LogP contribution in [0, 0.1) is 0 Å². The van der Waals surface area contributed by atoms with Crippen LogP contribution in [0.4, 0.5) is 4.79 Å². The number of hydrogen-bond donors (Lipinski definition) is 2. The number of aromatic nitrogens is 2. The van der Waals surface area contributed by atoms with Crippen molar-refractivity contribution in [1.82, 2.24) is 14.9 Å². The van der Waals surface area contributed by atoms with Gasteiger partial charge in [0.1, 0.15) is 22.8 Å². The molecule has 0 aliphatic heterocycles. The van der Waals surface area contributed by atoms with Crippen LogP contribution in [0.25, 0.3) is 21.8 Å². The topological polar surface area (TPSA) is 108 Å². The van der Waals surface area contributed by atoms with Crippen molar-refractivity contribution in [2.45, 2.75) is 13.3 Å². The molecule has 2 amide bonds. The first-order chi connectivity index (χ1) is 15.0. The van der Waals surface area contributed by atoms with Gasteiger partial charge in [-0.15, -0.1) is 0 Å². The molecule has 2 aromatic carbocycles. The lowest BCUT2D eigenvalue weighted by Gasteiger charge is -2.12. The summed E-state index contributed by atoms with van der Waals surface area (Å²) >= 11 is 0. The summed E-state index contributed by atoms with van der Waals surface area (Å²) in [5.74, 6) is 0.836. The Kier molecular flexibility index (Phi) is 5.44. The minimum Gasteiger partial charge on any atom is -0.496 e.